The van der Waals surface area contributed by atoms with Gasteiger partial charge in [-0.3, -0.25) is 4.79 Å². The topological polar surface area (TPSA) is 122 Å². The quantitative estimate of drug-likeness (QED) is 0.539. The molecule has 8 nitrogen and oxygen atoms in total. The predicted molar refractivity (Wildman–Crippen MR) is 68.8 cm³/mol. The van der Waals surface area contributed by atoms with Crippen molar-refractivity contribution in [2.24, 2.45) is 0 Å². The van der Waals surface area contributed by atoms with E-state index in [4.69, 9.17) is 9.84 Å². The number of carbonyl (C=O) groups excluding carboxylic acids is 1. The van der Waals surface area contributed by atoms with Crippen molar-refractivity contribution in [1.82, 2.24) is 10.6 Å². The number of amides is 2. The van der Waals surface area contributed by atoms with Crippen LogP contribution in [0.3, 0.4) is 0 Å². The van der Waals surface area contributed by atoms with Gasteiger partial charge in [0.05, 0.1) is 18.3 Å². The van der Waals surface area contributed by atoms with Crippen LogP contribution in [0.1, 0.15) is 13.3 Å². The third kappa shape index (κ3) is 10.3. The highest BCUT2D eigenvalue weighted by Gasteiger charge is 2.16. The fourth-order valence-electron chi connectivity index (χ4n) is 1.41. The number of nitrogens with one attached hydrogen (secondary N) is 2. The summed E-state index contributed by atoms with van der Waals surface area (Å²) >= 11 is 0. The molecule has 2 unspecified atom stereocenters. The van der Waals surface area contributed by atoms with Gasteiger partial charge in [-0.1, -0.05) is 0 Å². The molecule has 0 aliphatic rings. The van der Waals surface area contributed by atoms with Gasteiger partial charge >= 0.3 is 12.0 Å². The highest BCUT2D eigenvalue weighted by atomic mass is 32.2. The first-order chi connectivity index (χ1) is 8.64. The van der Waals surface area contributed by atoms with Crippen molar-refractivity contribution in [3.8, 4) is 0 Å². The normalized spacial score (nSPS) is 14.5. The number of hydrogen-bond acceptors (Lipinski definition) is 5. The van der Waals surface area contributed by atoms with Gasteiger partial charge in [0, 0.05) is 26.0 Å². The van der Waals surface area contributed by atoms with Gasteiger partial charge in [0.2, 0.25) is 0 Å². The van der Waals surface area contributed by atoms with Gasteiger partial charge in [-0.2, -0.15) is 0 Å². The maximum Gasteiger partial charge on any atom is 0.315 e. The van der Waals surface area contributed by atoms with E-state index >= 15 is 0 Å². The Balaban J connectivity index is 4.07. The lowest BCUT2D eigenvalue weighted by Gasteiger charge is -2.17. The van der Waals surface area contributed by atoms with Crippen molar-refractivity contribution in [3.63, 3.8) is 0 Å². The van der Waals surface area contributed by atoms with Crippen LogP contribution in [0.5, 0.6) is 0 Å². The SMILES string of the molecule is COC(CNC(=O)NC(C)CS(C)(=O)=O)CC(=O)O. The first-order valence-corrected chi connectivity index (χ1v) is 7.66. The minimum Gasteiger partial charge on any atom is -0.481 e. The largest absolute Gasteiger partial charge is 0.481 e. The second-order valence-corrected chi connectivity index (χ2v) is 6.49. The molecule has 0 spiro atoms. The van der Waals surface area contributed by atoms with Crippen molar-refractivity contribution in [2.45, 2.75) is 25.5 Å². The number of carboxylic acid groups (broad SMARTS) is 1. The molecule has 0 radical (unpaired) electrons. The van der Waals surface area contributed by atoms with Gasteiger partial charge in [-0.25, -0.2) is 13.2 Å². The second-order valence-electron chi connectivity index (χ2n) is 4.30. The third-order valence-corrected chi connectivity index (χ3v) is 3.26. The Morgan fingerprint density at radius 1 is 1.37 bits per heavy atom. The zero-order valence-electron chi connectivity index (χ0n) is 11.2. The number of sulfone groups is 1. The number of aliphatic carboxylic acids is 1. The molecule has 0 fully saturated rings. The number of methoxy groups -OCH3 is 1. The summed E-state index contributed by atoms with van der Waals surface area (Å²) in [6.07, 6.45) is 0.223. The van der Waals surface area contributed by atoms with Crippen LogP contribution in [0.15, 0.2) is 0 Å². The maximum atomic E-state index is 11.4. The summed E-state index contributed by atoms with van der Waals surface area (Å²) in [4.78, 5) is 21.9. The van der Waals surface area contributed by atoms with E-state index in [0.29, 0.717) is 0 Å². The predicted octanol–water partition coefficient (Wildman–Crippen LogP) is -0.792. The molecule has 2 atom stereocenters. The highest BCUT2D eigenvalue weighted by molar-refractivity contribution is 7.90. The van der Waals surface area contributed by atoms with Crippen molar-refractivity contribution >= 4 is 21.8 Å². The minimum absolute atomic E-state index is 0.0280. The zero-order chi connectivity index (χ0) is 15.1. The Labute approximate surface area is 112 Å². The molecule has 0 aliphatic heterocycles. The van der Waals surface area contributed by atoms with Gasteiger partial charge < -0.3 is 20.5 Å². The van der Waals surface area contributed by atoms with E-state index in [-0.39, 0.29) is 18.7 Å². The molecule has 19 heavy (non-hydrogen) atoms. The van der Waals surface area contributed by atoms with Crippen LogP contribution in [0.2, 0.25) is 0 Å². The molecule has 0 rings (SSSR count). The standard InChI is InChI=1S/C10H20N2O6S/c1-7(6-19(3,16)17)12-10(15)11-5-8(18-2)4-9(13)14/h7-8H,4-6H2,1-3H3,(H,13,14)(H2,11,12,15). The number of rotatable bonds is 8. The number of ether oxygens (including phenoxy) is 1. The Morgan fingerprint density at radius 2 is 1.95 bits per heavy atom. The number of carboxylic acids is 1. The molecule has 3 N–H and O–H groups in total. The Kier molecular flexibility index (Phi) is 7.38. The minimum atomic E-state index is -3.17. The fraction of sp³-hybridized carbons (Fsp3) is 0.800. The summed E-state index contributed by atoms with van der Waals surface area (Å²) in [5.41, 5.74) is 0. The molecule has 0 saturated heterocycles. The summed E-state index contributed by atoms with van der Waals surface area (Å²) < 4.78 is 26.9. The van der Waals surface area contributed by atoms with Gasteiger partial charge in [0.25, 0.3) is 0 Å². The molecular weight excluding hydrogens is 276 g/mol. The lowest BCUT2D eigenvalue weighted by Crippen LogP contribution is -2.46. The summed E-state index contributed by atoms with van der Waals surface area (Å²) in [6, 6.07) is -1.10. The molecule has 0 saturated carbocycles. The van der Waals surface area contributed by atoms with Crippen molar-refractivity contribution in [2.75, 3.05) is 25.7 Å². The summed E-state index contributed by atoms with van der Waals surface area (Å²) in [5, 5.41) is 13.4. The van der Waals surface area contributed by atoms with E-state index in [1.807, 2.05) is 0 Å². The molecule has 0 bridgehead atoms. The van der Waals surface area contributed by atoms with Gasteiger partial charge in [0.1, 0.15) is 9.84 Å². The molecule has 0 aromatic carbocycles. The number of hydrogen-bond donors (Lipinski definition) is 3. The lowest BCUT2D eigenvalue weighted by molar-refractivity contribution is -0.139. The molecule has 9 heteroatoms. The Morgan fingerprint density at radius 3 is 2.37 bits per heavy atom. The average molecular weight is 296 g/mol. The molecule has 0 heterocycles. The van der Waals surface area contributed by atoms with Crippen LogP contribution in [0.25, 0.3) is 0 Å². The van der Waals surface area contributed by atoms with Crippen LogP contribution in [-0.2, 0) is 19.4 Å². The van der Waals surface area contributed by atoms with Crippen LogP contribution in [0.4, 0.5) is 4.79 Å². The Hall–Kier alpha value is -1.35. The molecule has 0 aromatic heterocycles. The molecule has 112 valence electrons. The average Bonchev–Trinajstić information content (AvgIpc) is 2.20. The Bertz CT molecular complexity index is 408. The van der Waals surface area contributed by atoms with Crippen molar-refractivity contribution in [1.29, 1.82) is 0 Å². The molecule has 2 amide bonds. The zero-order valence-corrected chi connectivity index (χ0v) is 12.0. The number of carbonyl (C=O) groups is 2. The van der Waals surface area contributed by atoms with Gasteiger partial charge in [-0.05, 0) is 6.92 Å². The van der Waals surface area contributed by atoms with E-state index in [1.54, 1.807) is 6.92 Å². The first-order valence-electron chi connectivity index (χ1n) is 5.60. The first kappa shape index (κ1) is 17.6. The van der Waals surface area contributed by atoms with Crippen LogP contribution in [-0.4, -0.2) is 63.3 Å². The summed E-state index contributed by atoms with van der Waals surface area (Å²) in [6.45, 7) is 1.59. The van der Waals surface area contributed by atoms with E-state index in [2.05, 4.69) is 10.6 Å². The van der Waals surface area contributed by atoms with Gasteiger partial charge in [-0.15, -0.1) is 0 Å². The monoisotopic (exact) mass is 296 g/mol. The fourth-order valence-corrected chi connectivity index (χ4v) is 2.40. The highest BCUT2D eigenvalue weighted by Crippen LogP contribution is 1.95. The number of urea groups is 1. The molecule has 0 aromatic rings. The smallest absolute Gasteiger partial charge is 0.315 e. The van der Waals surface area contributed by atoms with Crippen molar-refractivity contribution in [3.05, 3.63) is 0 Å². The summed E-state index contributed by atoms with van der Waals surface area (Å²) in [7, 11) is -1.82. The molecular formula is C10H20N2O6S. The van der Waals surface area contributed by atoms with E-state index in [9.17, 15) is 18.0 Å². The molecule has 0 aliphatic carbocycles. The van der Waals surface area contributed by atoms with Gasteiger partial charge in [0.15, 0.2) is 0 Å². The van der Waals surface area contributed by atoms with Crippen molar-refractivity contribution < 1.29 is 27.9 Å². The van der Waals surface area contributed by atoms with E-state index < -0.39 is 34.0 Å². The van der Waals surface area contributed by atoms with E-state index in [0.717, 1.165) is 6.26 Å². The maximum absolute atomic E-state index is 11.4. The van der Waals surface area contributed by atoms with E-state index in [1.165, 1.54) is 7.11 Å². The van der Waals surface area contributed by atoms with Crippen LogP contribution < -0.4 is 10.6 Å². The van der Waals surface area contributed by atoms with Crippen LogP contribution in [0, 0.1) is 0 Å². The lowest BCUT2D eigenvalue weighted by atomic mass is 10.2. The second kappa shape index (κ2) is 7.95. The summed E-state index contributed by atoms with van der Waals surface area (Å²) in [5.74, 6) is -1.19. The van der Waals surface area contributed by atoms with Crippen LogP contribution >= 0.6 is 0 Å². The third-order valence-electron chi connectivity index (χ3n) is 2.16.